The van der Waals surface area contributed by atoms with Gasteiger partial charge in [-0.15, -0.1) is 0 Å². The minimum absolute atomic E-state index is 0.160. The van der Waals surface area contributed by atoms with Crippen molar-refractivity contribution in [2.45, 2.75) is 18.9 Å². The third kappa shape index (κ3) is 1.45. The third-order valence-electron chi connectivity index (χ3n) is 0.762. The summed E-state index contributed by atoms with van der Waals surface area (Å²) in [6.45, 7) is -3.18. The van der Waals surface area contributed by atoms with E-state index in [1.165, 1.54) is 0 Å². The molecule has 0 amide bonds. The maximum atomic E-state index is 9.11. The van der Waals surface area contributed by atoms with Gasteiger partial charge in [-0.1, -0.05) is 0 Å². The van der Waals surface area contributed by atoms with Crippen LogP contribution in [-0.4, -0.2) is 24.3 Å². The summed E-state index contributed by atoms with van der Waals surface area (Å²) in [5, 5.41) is 9.11. The highest BCUT2D eigenvalue weighted by Crippen LogP contribution is 2.03. The van der Waals surface area contributed by atoms with Crippen LogP contribution in [0.1, 0.15) is 18.3 Å². The van der Waals surface area contributed by atoms with Gasteiger partial charge in [0.2, 0.25) is 0 Å². The molecule has 0 aromatic rings. The molecule has 0 saturated carbocycles. The Morgan fingerprint density at radius 2 is 2.71 bits per heavy atom. The van der Waals surface area contributed by atoms with Crippen LogP contribution in [0.4, 0.5) is 0 Å². The van der Waals surface area contributed by atoms with E-state index in [0.29, 0.717) is 0 Å². The summed E-state index contributed by atoms with van der Waals surface area (Å²) in [6, 6.07) is 0. The molecule has 0 radical (unpaired) electrons. The van der Waals surface area contributed by atoms with E-state index in [9.17, 15) is 0 Å². The van der Waals surface area contributed by atoms with Gasteiger partial charge in [-0.2, -0.15) is 0 Å². The van der Waals surface area contributed by atoms with E-state index in [1.54, 1.807) is 0 Å². The summed E-state index contributed by atoms with van der Waals surface area (Å²) >= 11 is 0. The Labute approximate surface area is 48.7 Å². The minimum atomic E-state index is -2.04. The second kappa shape index (κ2) is 2.28. The molecule has 1 N–H and O–H groups in total. The van der Waals surface area contributed by atoms with Crippen LogP contribution in [0.2, 0.25) is 0 Å². The van der Waals surface area contributed by atoms with Crippen LogP contribution < -0.4 is 0 Å². The number of hydrogen-bond donors (Lipinski definition) is 1. The SMILES string of the molecule is [2H]C1CC([2H])(O)CC([2H])([2H])O1. The molecule has 2 unspecified atom stereocenters. The molecule has 0 aromatic carbocycles. The van der Waals surface area contributed by atoms with Gasteiger partial charge in [0.25, 0.3) is 0 Å². The monoisotopic (exact) mass is 106 g/mol. The third-order valence-corrected chi connectivity index (χ3v) is 0.762. The van der Waals surface area contributed by atoms with Crippen LogP contribution in [0.5, 0.6) is 0 Å². The van der Waals surface area contributed by atoms with Crippen molar-refractivity contribution < 1.29 is 15.3 Å². The Balaban J connectivity index is 2.66. The van der Waals surface area contributed by atoms with E-state index in [2.05, 4.69) is 4.74 Å². The lowest BCUT2D eigenvalue weighted by atomic mass is 10.2. The van der Waals surface area contributed by atoms with Crippen molar-refractivity contribution in [3.63, 3.8) is 0 Å². The van der Waals surface area contributed by atoms with Crippen LogP contribution in [-0.2, 0) is 4.74 Å². The fourth-order valence-electron chi connectivity index (χ4n) is 0.394. The maximum absolute atomic E-state index is 9.11. The Bertz CT molecular complexity index is 143. The summed E-state index contributed by atoms with van der Waals surface area (Å²) in [6.07, 6.45) is -2.41. The van der Waals surface area contributed by atoms with Crippen molar-refractivity contribution in [1.29, 1.82) is 0 Å². The molecule has 0 spiro atoms. The van der Waals surface area contributed by atoms with Crippen molar-refractivity contribution in [3.05, 3.63) is 0 Å². The van der Waals surface area contributed by atoms with Gasteiger partial charge < -0.3 is 9.84 Å². The highest BCUT2D eigenvalue weighted by molar-refractivity contribution is 4.58. The highest BCUT2D eigenvalue weighted by atomic mass is 16.5. The molecule has 1 aliphatic heterocycles. The van der Waals surface area contributed by atoms with E-state index in [-0.39, 0.29) is 6.42 Å². The van der Waals surface area contributed by atoms with Gasteiger partial charge in [0.05, 0.1) is 11.6 Å². The first-order chi connectivity index (χ1) is 4.81. The van der Waals surface area contributed by atoms with Crippen LogP contribution in [0.25, 0.3) is 0 Å². The first-order valence-corrected chi connectivity index (χ1v) is 2.13. The predicted octanol–water partition coefficient (Wildman–Crippen LogP) is 0.158. The maximum Gasteiger partial charge on any atom is 0.0602 e. The predicted molar refractivity (Wildman–Crippen MR) is 26.1 cm³/mol. The molecule has 1 aliphatic rings. The lowest BCUT2D eigenvalue weighted by Gasteiger charge is -2.15. The zero-order valence-corrected chi connectivity index (χ0v) is 3.85. The van der Waals surface area contributed by atoms with Crippen LogP contribution in [0, 0.1) is 0 Å². The molecule has 1 fully saturated rings. The van der Waals surface area contributed by atoms with E-state index in [4.69, 9.17) is 10.6 Å². The van der Waals surface area contributed by atoms with Crippen molar-refractivity contribution in [2.24, 2.45) is 0 Å². The molecule has 0 aliphatic carbocycles. The largest absolute Gasteiger partial charge is 0.393 e. The van der Waals surface area contributed by atoms with Gasteiger partial charge >= 0.3 is 0 Å². The minimum Gasteiger partial charge on any atom is -0.393 e. The Kier molecular flexibility index (Phi) is 0.664. The van der Waals surface area contributed by atoms with E-state index in [0.717, 1.165) is 0 Å². The Morgan fingerprint density at radius 3 is 3.29 bits per heavy atom. The molecule has 0 bridgehead atoms. The van der Waals surface area contributed by atoms with Crippen molar-refractivity contribution in [2.75, 3.05) is 13.1 Å². The fourth-order valence-corrected chi connectivity index (χ4v) is 0.394. The number of rotatable bonds is 0. The number of hydrogen-bond acceptors (Lipinski definition) is 2. The second-order valence-electron chi connectivity index (χ2n) is 1.38. The van der Waals surface area contributed by atoms with Gasteiger partial charge in [-0.25, -0.2) is 0 Å². The zero-order valence-electron chi connectivity index (χ0n) is 7.85. The standard InChI is InChI=1S/C5H10O2/c6-5-1-3-7-4-2-5/h5-6H,1-4H2/i3D,4D2,5D. The van der Waals surface area contributed by atoms with Crippen LogP contribution in [0.15, 0.2) is 0 Å². The molecule has 7 heavy (non-hydrogen) atoms. The molecular formula is C5H10O2. The topological polar surface area (TPSA) is 29.5 Å². The Morgan fingerprint density at radius 1 is 1.86 bits per heavy atom. The molecule has 2 nitrogen and oxygen atoms in total. The fraction of sp³-hybridized carbons (Fsp3) is 1.00. The van der Waals surface area contributed by atoms with Gasteiger partial charge in [-0.05, 0) is 12.8 Å². The van der Waals surface area contributed by atoms with Crippen molar-refractivity contribution in [3.8, 4) is 0 Å². The molecule has 1 heterocycles. The van der Waals surface area contributed by atoms with Crippen LogP contribution >= 0.6 is 0 Å². The first kappa shape index (κ1) is 2.03. The Hall–Kier alpha value is -0.0800. The highest BCUT2D eigenvalue weighted by Gasteiger charge is 2.07. The second-order valence-corrected chi connectivity index (χ2v) is 1.38. The van der Waals surface area contributed by atoms with Crippen LogP contribution in [0.3, 0.4) is 0 Å². The van der Waals surface area contributed by atoms with Gasteiger partial charge in [-0.3, -0.25) is 0 Å². The zero-order chi connectivity index (χ0) is 8.70. The van der Waals surface area contributed by atoms with Gasteiger partial charge in [0, 0.05) is 13.1 Å². The molecule has 1 saturated heterocycles. The molecular weight excluding hydrogens is 92.1 g/mol. The van der Waals surface area contributed by atoms with Crippen molar-refractivity contribution >= 4 is 0 Å². The average Bonchev–Trinajstić information content (AvgIpc) is 1.49. The quantitative estimate of drug-likeness (QED) is 0.476. The van der Waals surface area contributed by atoms with E-state index >= 15 is 0 Å². The summed E-state index contributed by atoms with van der Waals surface area (Å²) in [5.41, 5.74) is 0. The summed E-state index contributed by atoms with van der Waals surface area (Å²) in [4.78, 5) is 0. The lowest BCUT2D eigenvalue weighted by Crippen LogP contribution is -2.19. The number of ether oxygens (including phenoxy) is 1. The smallest absolute Gasteiger partial charge is 0.0602 e. The number of aliphatic hydroxyl groups is 1. The lowest BCUT2D eigenvalue weighted by molar-refractivity contribution is 0.0140. The van der Waals surface area contributed by atoms with E-state index in [1.807, 2.05) is 0 Å². The first-order valence-electron chi connectivity index (χ1n) is 4.21. The summed E-state index contributed by atoms with van der Waals surface area (Å²) in [5.74, 6) is 0. The van der Waals surface area contributed by atoms with Gasteiger partial charge in [0.1, 0.15) is 0 Å². The molecule has 42 valence electrons. The summed E-state index contributed by atoms with van der Waals surface area (Å²) in [7, 11) is 0. The summed E-state index contributed by atoms with van der Waals surface area (Å²) < 4.78 is 32.8. The molecule has 0 aromatic heterocycles. The normalized spacial score (nSPS) is 69.6. The molecule has 2 atom stereocenters. The average molecular weight is 106 g/mol. The van der Waals surface area contributed by atoms with Crippen molar-refractivity contribution in [1.82, 2.24) is 0 Å². The van der Waals surface area contributed by atoms with Gasteiger partial charge in [0.15, 0.2) is 0 Å². The molecule has 1 rings (SSSR count). The molecule has 2 heteroatoms. The van der Waals surface area contributed by atoms with E-state index < -0.39 is 25.6 Å².